The lowest BCUT2D eigenvalue weighted by molar-refractivity contribution is -0.118. The molecule has 5 rings (SSSR count). The van der Waals surface area contributed by atoms with Crippen molar-refractivity contribution in [1.82, 2.24) is 9.80 Å². The number of benzene rings is 3. The molecule has 2 heterocycles. The number of amides is 2. The van der Waals surface area contributed by atoms with Crippen LogP contribution in [0.15, 0.2) is 84.9 Å². The number of carbonyl (C=O) groups is 2. The van der Waals surface area contributed by atoms with Gasteiger partial charge in [0, 0.05) is 44.0 Å². The SMILES string of the molecule is CC(COC(=O)N1CCC(N2C(=O)Cc3ccccc32)CC1)N(Cc1ccccc1)Cc1ccccc1. The summed E-state index contributed by atoms with van der Waals surface area (Å²) in [5.41, 5.74) is 4.59. The molecular weight excluding hydrogens is 462 g/mol. The minimum atomic E-state index is -0.266. The van der Waals surface area contributed by atoms with E-state index in [2.05, 4.69) is 60.4 Å². The van der Waals surface area contributed by atoms with E-state index in [-0.39, 0.29) is 24.1 Å². The molecule has 6 heteroatoms. The van der Waals surface area contributed by atoms with Crippen LogP contribution in [0.25, 0.3) is 0 Å². The maximum absolute atomic E-state index is 12.9. The summed E-state index contributed by atoms with van der Waals surface area (Å²) in [5, 5.41) is 0. The first-order valence-electron chi connectivity index (χ1n) is 13.2. The van der Waals surface area contributed by atoms with E-state index in [1.807, 2.05) is 41.3 Å². The number of anilines is 1. The largest absolute Gasteiger partial charge is 0.448 e. The summed E-state index contributed by atoms with van der Waals surface area (Å²) in [7, 11) is 0. The first-order chi connectivity index (χ1) is 18.1. The lowest BCUT2D eigenvalue weighted by Crippen LogP contribution is -2.48. The zero-order valence-corrected chi connectivity index (χ0v) is 21.5. The van der Waals surface area contributed by atoms with Gasteiger partial charge in [-0.25, -0.2) is 4.79 Å². The molecule has 0 aromatic heterocycles. The predicted molar refractivity (Wildman–Crippen MR) is 145 cm³/mol. The lowest BCUT2D eigenvalue weighted by atomic mass is 10.0. The maximum Gasteiger partial charge on any atom is 0.409 e. The molecule has 192 valence electrons. The Morgan fingerprint density at radius 3 is 2.08 bits per heavy atom. The second-order valence-electron chi connectivity index (χ2n) is 10.1. The molecule has 2 amide bonds. The minimum Gasteiger partial charge on any atom is -0.448 e. The van der Waals surface area contributed by atoms with E-state index in [1.54, 1.807) is 4.90 Å². The van der Waals surface area contributed by atoms with Crippen molar-refractivity contribution in [2.24, 2.45) is 0 Å². The number of ether oxygens (including phenoxy) is 1. The number of rotatable bonds is 8. The molecule has 0 spiro atoms. The fourth-order valence-electron chi connectivity index (χ4n) is 5.38. The molecule has 0 radical (unpaired) electrons. The highest BCUT2D eigenvalue weighted by molar-refractivity contribution is 6.01. The molecule has 0 bridgehead atoms. The van der Waals surface area contributed by atoms with Crippen LogP contribution in [0.3, 0.4) is 0 Å². The minimum absolute atomic E-state index is 0.0561. The van der Waals surface area contributed by atoms with Crippen molar-refractivity contribution in [3.8, 4) is 0 Å². The molecule has 6 nitrogen and oxygen atoms in total. The summed E-state index contributed by atoms with van der Waals surface area (Å²) < 4.78 is 5.80. The second-order valence-corrected chi connectivity index (χ2v) is 10.1. The third kappa shape index (κ3) is 6.03. The van der Waals surface area contributed by atoms with Crippen molar-refractivity contribution in [3.63, 3.8) is 0 Å². The quantitative estimate of drug-likeness (QED) is 0.426. The van der Waals surface area contributed by atoms with Gasteiger partial charge in [0.2, 0.25) is 5.91 Å². The normalized spacial score (nSPS) is 16.6. The summed E-state index contributed by atoms with van der Waals surface area (Å²) in [6.45, 7) is 5.21. The number of fused-ring (bicyclic) bond motifs is 1. The Morgan fingerprint density at radius 2 is 1.46 bits per heavy atom. The van der Waals surface area contributed by atoms with Crippen LogP contribution >= 0.6 is 0 Å². The number of nitrogens with zero attached hydrogens (tertiary/aromatic N) is 3. The lowest BCUT2D eigenvalue weighted by Gasteiger charge is -2.37. The summed E-state index contributed by atoms with van der Waals surface area (Å²) in [5.74, 6) is 0.160. The number of likely N-dealkylation sites (tertiary alicyclic amines) is 1. The van der Waals surface area contributed by atoms with Gasteiger partial charge in [-0.05, 0) is 42.5 Å². The Kier molecular flexibility index (Phi) is 7.85. The fourth-order valence-corrected chi connectivity index (χ4v) is 5.38. The number of para-hydroxylation sites is 1. The summed E-state index contributed by atoms with van der Waals surface area (Å²) in [4.78, 5) is 31.7. The average Bonchev–Trinajstić information content (AvgIpc) is 3.28. The number of carbonyl (C=O) groups excluding carboxylic acids is 2. The van der Waals surface area contributed by atoms with Gasteiger partial charge in [-0.2, -0.15) is 0 Å². The van der Waals surface area contributed by atoms with Crippen LogP contribution < -0.4 is 4.90 Å². The maximum atomic E-state index is 12.9. The van der Waals surface area contributed by atoms with Gasteiger partial charge in [0.1, 0.15) is 6.61 Å². The van der Waals surface area contributed by atoms with Gasteiger partial charge >= 0.3 is 6.09 Å². The van der Waals surface area contributed by atoms with Crippen LogP contribution in [-0.2, 0) is 29.0 Å². The third-order valence-corrected chi connectivity index (χ3v) is 7.48. The van der Waals surface area contributed by atoms with Crippen molar-refractivity contribution < 1.29 is 14.3 Å². The van der Waals surface area contributed by atoms with E-state index in [0.29, 0.717) is 26.1 Å². The molecule has 2 aliphatic rings. The van der Waals surface area contributed by atoms with Crippen molar-refractivity contribution >= 4 is 17.7 Å². The standard InChI is InChI=1S/C31H35N3O3/c1-24(33(21-25-10-4-2-5-11-25)22-26-12-6-3-7-13-26)23-37-31(36)32-18-16-28(17-19-32)34-29-15-9-8-14-27(29)20-30(34)35/h2-15,24,28H,16-23H2,1H3. The molecule has 0 saturated carbocycles. The number of hydrogen-bond acceptors (Lipinski definition) is 4. The van der Waals surface area contributed by atoms with Crippen LogP contribution in [-0.4, -0.2) is 53.6 Å². The van der Waals surface area contributed by atoms with E-state index in [9.17, 15) is 9.59 Å². The molecular formula is C31H35N3O3. The molecule has 1 saturated heterocycles. The van der Waals surface area contributed by atoms with Crippen LogP contribution in [0.5, 0.6) is 0 Å². The molecule has 0 N–H and O–H groups in total. The first kappa shape index (κ1) is 25.0. The zero-order chi connectivity index (χ0) is 25.6. The first-order valence-corrected chi connectivity index (χ1v) is 13.2. The zero-order valence-electron chi connectivity index (χ0n) is 21.5. The van der Waals surface area contributed by atoms with Crippen LogP contribution in [0.4, 0.5) is 10.5 Å². The van der Waals surface area contributed by atoms with Gasteiger partial charge in [-0.15, -0.1) is 0 Å². The van der Waals surface area contributed by atoms with E-state index >= 15 is 0 Å². The van der Waals surface area contributed by atoms with E-state index in [0.717, 1.165) is 37.2 Å². The third-order valence-electron chi connectivity index (χ3n) is 7.48. The van der Waals surface area contributed by atoms with Gasteiger partial charge in [0.05, 0.1) is 6.42 Å². The van der Waals surface area contributed by atoms with Crippen LogP contribution in [0.2, 0.25) is 0 Å². The predicted octanol–water partition coefficient (Wildman–Crippen LogP) is 5.27. The van der Waals surface area contributed by atoms with Gasteiger partial charge in [-0.1, -0.05) is 78.9 Å². The molecule has 3 aromatic rings. The van der Waals surface area contributed by atoms with Crippen molar-refractivity contribution in [1.29, 1.82) is 0 Å². The monoisotopic (exact) mass is 497 g/mol. The second kappa shape index (κ2) is 11.6. The van der Waals surface area contributed by atoms with Gasteiger partial charge in [-0.3, -0.25) is 9.69 Å². The van der Waals surface area contributed by atoms with E-state index in [4.69, 9.17) is 4.74 Å². The summed E-state index contributed by atoms with van der Waals surface area (Å²) in [6.07, 6.45) is 1.73. The summed E-state index contributed by atoms with van der Waals surface area (Å²) >= 11 is 0. The van der Waals surface area contributed by atoms with E-state index in [1.165, 1.54) is 11.1 Å². The number of hydrogen-bond donors (Lipinski definition) is 0. The van der Waals surface area contributed by atoms with Crippen LogP contribution in [0, 0.1) is 0 Å². The van der Waals surface area contributed by atoms with Gasteiger partial charge < -0.3 is 14.5 Å². The number of piperidine rings is 1. The Hall–Kier alpha value is -3.64. The molecule has 3 aromatic carbocycles. The van der Waals surface area contributed by atoms with Crippen molar-refractivity contribution in [3.05, 3.63) is 102 Å². The molecule has 2 aliphatic heterocycles. The highest BCUT2D eigenvalue weighted by atomic mass is 16.6. The topological polar surface area (TPSA) is 53.1 Å². The van der Waals surface area contributed by atoms with Crippen LogP contribution in [0.1, 0.15) is 36.5 Å². The smallest absolute Gasteiger partial charge is 0.409 e. The Bertz CT molecular complexity index is 1150. The molecule has 1 atom stereocenters. The van der Waals surface area contributed by atoms with Crippen molar-refractivity contribution in [2.75, 3.05) is 24.6 Å². The van der Waals surface area contributed by atoms with E-state index < -0.39 is 0 Å². The molecule has 1 fully saturated rings. The molecule has 37 heavy (non-hydrogen) atoms. The average molecular weight is 498 g/mol. The summed E-state index contributed by atoms with van der Waals surface area (Å²) in [6, 6.07) is 29.0. The molecule has 0 aliphatic carbocycles. The highest BCUT2D eigenvalue weighted by Gasteiger charge is 2.35. The Labute approximate surface area is 219 Å². The highest BCUT2D eigenvalue weighted by Crippen LogP contribution is 2.33. The molecule has 1 unspecified atom stereocenters. The van der Waals surface area contributed by atoms with Gasteiger partial charge in [0.25, 0.3) is 0 Å². The fraction of sp³-hybridized carbons (Fsp3) is 0.355. The Balaban J connectivity index is 1.15. The van der Waals surface area contributed by atoms with Gasteiger partial charge in [0.15, 0.2) is 0 Å². The van der Waals surface area contributed by atoms with Crippen molar-refractivity contribution in [2.45, 2.75) is 51.4 Å². The Morgan fingerprint density at radius 1 is 0.892 bits per heavy atom.